The first-order valence-electron chi connectivity index (χ1n) is 7.87. The molecule has 0 radical (unpaired) electrons. The quantitative estimate of drug-likeness (QED) is 0.865. The fourth-order valence-electron chi connectivity index (χ4n) is 3.29. The molecule has 1 aliphatic heterocycles. The van der Waals surface area contributed by atoms with Crippen molar-refractivity contribution in [2.24, 2.45) is 0 Å². The SMILES string of the molecule is C[C@@H]1COCCN1C(=O)NC1CCCc2cc(C#N)ccc21. The molecule has 1 heterocycles. The lowest BCUT2D eigenvalue weighted by atomic mass is 9.87. The molecule has 5 heteroatoms. The average molecular weight is 299 g/mol. The molecule has 1 aromatic carbocycles. The predicted octanol–water partition coefficient (Wildman–Crippen LogP) is 2.37. The number of morpholine rings is 1. The van der Waals surface area contributed by atoms with Crippen molar-refractivity contribution in [2.45, 2.75) is 38.3 Å². The lowest BCUT2D eigenvalue weighted by molar-refractivity contribution is 0.0183. The zero-order valence-corrected chi connectivity index (χ0v) is 12.8. The number of carbonyl (C=O) groups excluding carboxylic acids is 1. The van der Waals surface area contributed by atoms with E-state index in [1.165, 1.54) is 5.56 Å². The first kappa shape index (κ1) is 14.9. The Labute approximate surface area is 130 Å². The number of nitrogens with zero attached hydrogens (tertiary/aromatic N) is 2. The van der Waals surface area contributed by atoms with E-state index in [4.69, 9.17) is 10.00 Å². The third-order valence-corrected chi connectivity index (χ3v) is 4.51. The molecule has 2 amide bonds. The molecule has 0 saturated carbocycles. The second-order valence-electron chi connectivity index (χ2n) is 6.04. The number of hydrogen-bond acceptors (Lipinski definition) is 3. The van der Waals surface area contributed by atoms with Gasteiger partial charge in [-0.1, -0.05) is 6.07 Å². The van der Waals surface area contributed by atoms with Crippen molar-refractivity contribution in [1.82, 2.24) is 10.2 Å². The molecule has 1 aromatic rings. The minimum absolute atomic E-state index is 0.0157. The highest BCUT2D eigenvalue weighted by molar-refractivity contribution is 5.75. The van der Waals surface area contributed by atoms with Gasteiger partial charge in [0.15, 0.2) is 0 Å². The Hall–Kier alpha value is -2.06. The molecule has 2 atom stereocenters. The van der Waals surface area contributed by atoms with Gasteiger partial charge in [0.25, 0.3) is 0 Å². The standard InChI is InChI=1S/C17H21N3O2/c1-12-11-22-8-7-20(12)17(21)19-16-4-2-3-14-9-13(10-18)5-6-15(14)16/h5-6,9,12,16H,2-4,7-8,11H2,1H3,(H,19,21)/t12-,16?/m1/s1. The summed E-state index contributed by atoms with van der Waals surface area (Å²) >= 11 is 0. The predicted molar refractivity (Wildman–Crippen MR) is 82.4 cm³/mol. The van der Waals surface area contributed by atoms with E-state index in [2.05, 4.69) is 11.4 Å². The van der Waals surface area contributed by atoms with Crippen LogP contribution in [0.4, 0.5) is 4.79 Å². The van der Waals surface area contributed by atoms with Crippen LogP contribution in [0.2, 0.25) is 0 Å². The van der Waals surface area contributed by atoms with Crippen LogP contribution in [0.3, 0.4) is 0 Å². The number of nitrogens with one attached hydrogen (secondary N) is 1. The number of ether oxygens (including phenoxy) is 1. The van der Waals surface area contributed by atoms with E-state index in [9.17, 15) is 4.79 Å². The monoisotopic (exact) mass is 299 g/mol. The number of hydrogen-bond donors (Lipinski definition) is 1. The van der Waals surface area contributed by atoms with Crippen molar-refractivity contribution >= 4 is 6.03 Å². The van der Waals surface area contributed by atoms with Crippen LogP contribution in [0.1, 0.15) is 42.5 Å². The average Bonchev–Trinajstić information content (AvgIpc) is 2.55. The van der Waals surface area contributed by atoms with E-state index < -0.39 is 0 Å². The van der Waals surface area contributed by atoms with Crippen molar-refractivity contribution in [3.05, 3.63) is 34.9 Å². The molecule has 1 fully saturated rings. The van der Waals surface area contributed by atoms with Crippen LogP contribution < -0.4 is 5.32 Å². The summed E-state index contributed by atoms with van der Waals surface area (Å²) < 4.78 is 5.38. The molecular weight excluding hydrogens is 278 g/mol. The van der Waals surface area contributed by atoms with E-state index in [0.29, 0.717) is 25.3 Å². The van der Waals surface area contributed by atoms with Gasteiger partial charge in [-0.25, -0.2) is 4.79 Å². The summed E-state index contributed by atoms with van der Waals surface area (Å²) in [5.74, 6) is 0. The largest absolute Gasteiger partial charge is 0.377 e. The molecular formula is C17H21N3O2. The normalized spacial score (nSPS) is 24.3. The maximum absolute atomic E-state index is 12.5. The Balaban J connectivity index is 1.74. The van der Waals surface area contributed by atoms with Crippen LogP contribution in [-0.2, 0) is 11.2 Å². The lowest BCUT2D eigenvalue weighted by Crippen LogP contribution is -2.52. The molecule has 0 aromatic heterocycles. The highest BCUT2D eigenvalue weighted by Crippen LogP contribution is 2.30. The van der Waals surface area contributed by atoms with Crippen LogP contribution >= 0.6 is 0 Å². The van der Waals surface area contributed by atoms with Crippen LogP contribution in [0.15, 0.2) is 18.2 Å². The smallest absolute Gasteiger partial charge is 0.318 e. The van der Waals surface area contributed by atoms with Gasteiger partial charge >= 0.3 is 6.03 Å². The van der Waals surface area contributed by atoms with Gasteiger partial charge in [-0.3, -0.25) is 0 Å². The molecule has 0 bridgehead atoms. The fraction of sp³-hybridized carbons (Fsp3) is 0.529. The Morgan fingerprint density at radius 3 is 3.14 bits per heavy atom. The van der Waals surface area contributed by atoms with Gasteiger partial charge in [0.2, 0.25) is 0 Å². The van der Waals surface area contributed by atoms with E-state index >= 15 is 0 Å². The van der Waals surface area contributed by atoms with Crippen molar-refractivity contribution < 1.29 is 9.53 Å². The summed E-state index contributed by atoms with van der Waals surface area (Å²) in [4.78, 5) is 14.4. The van der Waals surface area contributed by atoms with Crippen LogP contribution in [0.5, 0.6) is 0 Å². The number of urea groups is 1. The van der Waals surface area contributed by atoms with Gasteiger partial charge in [0, 0.05) is 6.54 Å². The maximum atomic E-state index is 12.5. The first-order valence-corrected chi connectivity index (χ1v) is 7.87. The number of carbonyl (C=O) groups is 1. The second-order valence-corrected chi connectivity index (χ2v) is 6.04. The summed E-state index contributed by atoms with van der Waals surface area (Å²) in [6, 6.07) is 8.09. The lowest BCUT2D eigenvalue weighted by Gasteiger charge is -2.35. The topological polar surface area (TPSA) is 65.4 Å². The van der Waals surface area contributed by atoms with E-state index in [1.807, 2.05) is 30.0 Å². The van der Waals surface area contributed by atoms with Gasteiger partial charge in [-0.15, -0.1) is 0 Å². The molecule has 2 aliphatic rings. The van der Waals surface area contributed by atoms with Crippen LogP contribution in [0.25, 0.3) is 0 Å². The molecule has 5 nitrogen and oxygen atoms in total. The molecule has 3 rings (SSSR count). The minimum Gasteiger partial charge on any atom is -0.377 e. The summed E-state index contributed by atoms with van der Waals surface area (Å²) in [5, 5.41) is 12.2. The Bertz CT molecular complexity index is 608. The molecule has 1 aliphatic carbocycles. The van der Waals surface area contributed by atoms with Gasteiger partial charge in [0.1, 0.15) is 0 Å². The van der Waals surface area contributed by atoms with Crippen molar-refractivity contribution in [1.29, 1.82) is 5.26 Å². The summed E-state index contributed by atoms with van der Waals surface area (Å²) in [6.07, 6.45) is 2.96. The van der Waals surface area contributed by atoms with Crippen molar-refractivity contribution in [2.75, 3.05) is 19.8 Å². The molecule has 1 N–H and O–H groups in total. The highest BCUT2D eigenvalue weighted by atomic mass is 16.5. The Morgan fingerprint density at radius 1 is 1.50 bits per heavy atom. The maximum Gasteiger partial charge on any atom is 0.318 e. The Kier molecular flexibility index (Phi) is 4.30. The fourth-order valence-corrected chi connectivity index (χ4v) is 3.29. The molecule has 1 unspecified atom stereocenters. The molecule has 116 valence electrons. The third kappa shape index (κ3) is 2.93. The van der Waals surface area contributed by atoms with Crippen molar-refractivity contribution in [3.63, 3.8) is 0 Å². The summed E-state index contributed by atoms with van der Waals surface area (Å²) in [7, 11) is 0. The second kappa shape index (κ2) is 6.37. The number of rotatable bonds is 1. The van der Waals surface area contributed by atoms with Crippen LogP contribution in [0, 0.1) is 11.3 Å². The van der Waals surface area contributed by atoms with Crippen LogP contribution in [-0.4, -0.2) is 36.7 Å². The van der Waals surface area contributed by atoms with E-state index in [0.717, 1.165) is 24.8 Å². The molecule has 22 heavy (non-hydrogen) atoms. The highest BCUT2D eigenvalue weighted by Gasteiger charge is 2.28. The molecule has 1 saturated heterocycles. The van der Waals surface area contributed by atoms with Gasteiger partial charge < -0.3 is 15.0 Å². The van der Waals surface area contributed by atoms with Crippen molar-refractivity contribution in [3.8, 4) is 6.07 Å². The number of amides is 2. The van der Waals surface area contributed by atoms with Gasteiger partial charge in [-0.2, -0.15) is 5.26 Å². The number of aryl methyl sites for hydroxylation is 1. The minimum atomic E-state index is -0.0157. The number of nitriles is 1. The summed E-state index contributed by atoms with van der Waals surface area (Å²) in [6.45, 7) is 3.84. The van der Waals surface area contributed by atoms with E-state index in [-0.39, 0.29) is 18.1 Å². The first-order chi connectivity index (χ1) is 10.7. The summed E-state index contributed by atoms with van der Waals surface area (Å²) in [5.41, 5.74) is 3.03. The zero-order valence-electron chi connectivity index (χ0n) is 12.8. The Morgan fingerprint density at radius 2 is 2.36 bits per heavy atom. The number of fused-ring (bicyclic) bond motifs is 1. The van der Waals surface area contributed by atoms with Gasteiger partial charge in [0.05, 0.1) is 36.9 Å². The van der Waals surface area contributed by atoms with E-state index in [1.54, 1.807) is 0 Å². The zero-order chi connectivity index (χ0) is 15.5. The third-order valence-electron chi connectivity index (χ3n) is 4.51. The number of benzene rings is 1. The molecule has 0 spiro atoms. The van der Waals surface area contributed by atoms with Gasteiger partial charge in [-0.05, 0) is 49.4 Å².